The number of nitrogens with zero attached hydrogens (tertiary/aromatic N) is 2. The predicted octanol–water partition coefficient (Wildman–Crippen LogP) is -0.286. The van der Waals surface area contributed by atoms with E-state index in [-0.39, 0.29) is 29.8 Å². The Morgan fingerprint density at radius 1 is 0.957 bits per heavy atom. The lowest BCUT2D eigenvalue weighted by atomic mass is 10.0. The van der Waals surface area contributed by atoms with Crippen LogP contribution in [-0.4, -0.2) is 72.3 Å². The quantitative estimate of drug-likeness (QED) is 0.745. The van der Waals surface area contributed by atoms with E-state index in [9.17, 15) is 14.4 Å². The number of hydrogen-bond donors (Lipinski definition) is 2. The zero-order valence-electron chi connectivity index (χ0n) is 14.1. The van der Waals surface area contributed by atoms with Crippen molar-refractivity contribution >= 4 is 17.7 Å². The molecule has 2 rings (SSSR count). The van der Waals surface area contributed by atoms with Gasteiger partial charge in [-0.1, -0.05) is 0 Å². The highest BCUT2D eigenvalue weighted by Gasteiger charge is 2.25. The third-order valence-electron chi connectivity index (χ3n) is 4.59. The molecule has 0 radical (unpaired) electrons. The Hall–Kier alpha value is -1.63. The molecule has 7 nitrogen and oxygen atoms in total. The Balaban J connectivity index is 1.70. The number of amides is 3. The van der Waals surface area contributed by atoms with Crippen LogP contribution in [0.4, 0.5) is 0 Å². The second-order valence-corrected chi connectivity index (χ2v) is 6.62. The summed E-state index contributed by atoms with van der Waals surface area (Å²) in [4.78, 5) is 38.6. The highest BCUT2D eigenvalue weighted by molar-refractivity contribution is 5.78. The summed E-state index contributed by atoms with van der Waals surface area (Å²) in [6.07, 6.45) is 3.61. The van der Waals surface area contributed by atoms with Crippen molar-refractivity contribution in [3.63, 3.8) is 0 Å². The number of carbonyl (C=O) groups is 3. The molecule has 2 aliphatic rings. The van der Waals surface area contributed by atoms with Crippen molar-refractivity contribution in [3.8, 4) is 0 Å². The van der Waals surface area contributed by atoms with Crippen molar-refractivity contribution in [2.45, 2.75) is 51.6 Å². The van der Waals surface area contributed by atoms with Gasteiger partial charge in [-0.2, -0.15) is 0 Å². The summed E-state index contributed by atoms with van der Waals surface area (Å²) < 4.78 is 0. The molecule has 0 bridgehead atoms. The summed E-state index contributed by atoms with van der Waals surface area (Å²) >= 11 is 0. The highest BCUT2D eigenvalue weighted by atomic mass is 16.2. The van der Waals surface area contributed by atoms with Gasteiger partial charge < -0.3 is 15.5 Å². The molecule has 2 aliphatic heterocycles. The molecule has 1 atom stereocenters. The Morgan fingerprint density at radius 3 is 2.26 bits per heavy atom. The van der Waals surface area contributed by atoms with Crippen LogP contribution < -0.4 is 10.6 Å². The van der Waals surface area contributed by atoms with Crippen molar-refractivity contribution in [2.75, 3.05) is 32.7 Å². The standard InChI is InChI=1S/C16H28N4O3/c1-12(21)17-15-4-3-7-19(10-15)11-16(23)18-14-5-8-20(9-6-14)13(2)22/h14-15H,3-11H2,1-2H3,(H,17,21)(H,18,23). The van der Waals surface area contributed by atoms with Crippen LogP contribution in [0, 0.1) is 0 Å². The molecule has 1 unspecified atom stereocenters. The number of nitrogens with one attached hydrogen (secondary N) is 2. The lowest BCUT2D eigenvalue weighted by molar-refractivity contribution is -0.130. The normalized spacial score (nSPS) is 23.4. The SMILES string of the molecule is CC(=O)NC1CCCN(CC(=O)NC2CCN(C(C)=O)CC2)C1. The van der Waals surface area contributed by atoms with Crippen LogP contribution in [0.2, 0.25) is 0 Å². The number of carbonyl (C=O) groups excluding carboxylic acids is 3. The van der Waals surface area contributed by atoms with E-state index in [1.807, 2.05) is 4.90 Å². The average Bonchev–Trinajstić information content (AvgIpc) is 2.47. The first-order chi connectivity index (χ1) is 10.9. The Kier molecular flexibility index (Phi) is 6.38. The Morgan fingerprint density at radius 2 is 1.65 bits per heavy atom. The lowest BCUT2D eigenvalue weighted by Crippen LogP contribution is -2.52. The van der Waals surface area contributed by atoms with Crippen LogP contribution in [0.25, 0.3) is 0 Å². The highest BCUT2D eigenvalue weighted by Crippen LogP contribution is 2.12. The maximum Gasteiger partial charge on any atom is 0.234 e. The molecule has 7 heteroatoms. The predicted molar refractivity (Wildman–Crippen MR) is 86.7 cm³/mol. The molecule has 0 spiro atoms. The van der Waals surface area contributed by atoms with Gasteiger partial charge in [-0.15, -0.1) is 0 Å². The second-order valence-electron chi connectivity index (χ2n) is 6.62. The summed E-state index contributed by atoms with van der Waals surface area (Å²) in [6, 6.07) is 0.307. The molecule has 0 aromatic rings. The fourth-order valence-electron chi connectivity index (χ4n) is 3.42. The number of rotatable bonds is 4. The second kappa shape index (κ2) is 8.29. The topological polar surface area (TPSA) is 81.8 Å². The molecule has 0 aromatic heterocycles. The van der Waals surface area contributed by atoms with Gasteiger partial charge in [0.2, 0.25) is 17.7 Å². The third-order valence-corrected chi connectivity index (χ3v) is 4.59. The zero-order valence-corrected chi connectivity index (χ0v) is 14.1. The summed E-state index contributed by atoms with van der Waals surface area (Å²) in [5.41, 5.74) is 0. The van der Waals surface area contributed by atoms with Gasteiger partial charge in [-0.05, 0) is 32.2 Å². The number of hydrogen-bond acceptors (Lipinski definition) is 4. The first-order valence-corrected chi connectivity index (χ1v) is 8.48. The van der Waals surface area contributed by atoms with Crippen molar-refractivity contribution in [1.29, 1.82) is 0 Å². The van der Waals surface area contributed by atoms with Crippen molar-refractivity contribution in [1.82, 2.24) is 20.4 Å². The summed E-state index contributed by atoms with van der Waals surface area (Å²) in [5.74, 6) is 0.125. The van der Waals surface area contributed by atoms with Gasteiger partial charge in [0.05, 0.1) is 6.54 Å². The van der Waals surface area contributed by atoms with Gasteiger partial charge in [0.15, 0.2) is 0 Å². The van der Waals surface area contributed by atoms with Gasteiger partial charge >= 0.3 is 0 Å². The maximum absolute atomic E-state index is 12.2. The third kappa shape index (κ3) is 5.82. The molecular weight excluding hydrogens is 296 g/mol. The average molecular weight is 324 g/mol. The summed E-state index contributed by atoms with van der Waals surface area (Å²) in [6.45, 7) is 6.55. The fraction of sp³-hybridized carbons (Fsp3) is 0.812. The molecule has 130 valence electrons. The van der Waals surface area contributed by atoms with Crippen LogP contribution in [-0.2, 0) is 14.4 Å². The van der Waals surface area contributed by atoms with Crippen molar-refractivity contribution < 1.29 is 14.4 Å². The molecule has 2 fully saturated rings. The minimum absolute atomic E-state index is 0.0152. The summed E-state index contributed by atoms with van der Waals surface area (Å²) in [5, 5.41) is 6.01. The molecular formula is C16H28N4O3. The number of piperidine rings is 2. The van der Waals surface area contributed by atoms with E-state index in [0.29, 0.717) is 19.6 Å². The Bertz CT molecular complexity index is 447. The molecule has 23 heavy (non-hydrogen) atoms. The van der Waals surface area contributed by atoms with Crippen LogP contribution in [0.1, 0.15) is 39.5 Å². The largest absolute Gasteiger partial charge is 0.352 e. The van der Waals surface area contributed by atoms with Gasteiger partial charge in [-0.3, -0.25) is 19.3 Å². The smallest absolute Gasteiger partial charge is 0.234 e. The minimum atomic E-state index is -0.0152. The monoisotopic (exact) mass is 324 g/mol. The molecule has 0 saturated carbocycles. The van der Waals surface area contributed by atoms with E-state index in [1.165, 1.54) is 6.92 Å². The van der Waals surface area contributed by atoms with Crippen molar-refractivity contribution in [2.24, 2.45) is 0 Å². The molecule has 0 aromatic carbocycles. The van der Waals surface area contributed by atoms with Crippen LogP contribution in [0.15, 0.2) is 0 Å². The molecule has 0 aliphatic carbocycles. The Labute approximate surface area is 137 Å². The van der Waals surface area contributed by atoms with Gasteiger partial charge in [0.25, 0.3) is 0 Å². The molecule has 2 heterocycles. The van der Waals surface area contributed by atoms with E-state index in [1.54, 1.807) is 6.92 Å². The van der Waals surface area contributed by atoms with Crippen LogP contribution in [0.5, 0.6) is 0 Å². The van der Waals surface area contributed by atoms with Crippen molar-refractivity contribution in [3.05, 3.63) is 0 Å². The van der Waals surface area contributed by atoms with Crippen LogP contribution >= 0.6 is 0 Å². The van der Waals surface area contributed by atoms with E-state index in [4.69, 9.17) is 0 Å². The summed E-state index contributed by atoms with van der Waals surface area (Å²) in [7, 11) is 0. The van der Waals surface area contributed by atoms with E-state index >= 15 is 0 Å². The van der Waals surface area contributed by atoms with E-state index in [0.717, 1.165) is 38.8 Å². The van der Waals surface area contributed by atoms with Gasteiger partial charge in [0, 0.05) is 45.6 Å². The minimum Gasteiger partial charge on any atom is -0.352 e. The molecule has 2 N–H and O–H groups in total. The van der Waals surface area contributed by atoms with Crippen LogP contribution in [0.3, 0.4) is 0 Å². The number of likely N-dealkylation sites (tertiary alicyclic amines) is 2. The van der Waals surface area contributed by atoms with Gasteiger partial charge in [0.1, 0.15) is 0 Å². The van der Waals surface area contributed by atoms with E-state index < -0.39 is 0 Å². The first-order valence-electron chi connectivity index (χ1n) is 8.48. The lowest BCUT2D eigenvalue weighted by Gasteiger charge is -2.34. The van der Waals surface area contributed by atoms with Gasteiger partial charge in [-0.25, -0.2) is 0 Å². The first kappa shape index (κ1) is 17.7. The van der Waals surface area contributed by atoms with E-state index in [2.05, 4.69) is 15.5 Å². The molecule has 3 amide bonds. The molecule has 2 saturated heterocycles. The fourth-order valence-corrected chi connectivity index (χ4v) is 3.42. The zero-order chi connectivity index (χ0) is 16.8. The maximum atomic E-state index is 12.2.